The summed E-state index contributed by atoms with van der Waals surface area (Å²) in [6.07, 6.45) is 1.81. The highest BCUT2D eigenvalue weighted by Crippen LogP contribution is 2.25. The zero-order valence-corrected chi connectivity index (χ0v) is 12.9. The largest absolute Gasteiger partial charge is 0.487 e. The fraction of sp³-hybridized carbons (Fsp3) is 0.100. The summed E-state index contributed by atoms with van der Waals surface area (Å²) in [7, 11) is 0. The second-order valence-corrected chi connectivity index (χ2v) is 5.56. The average Bonchev–Trinajstić information content (AvgIpc) is 2.60. The summed E-state index contributed by atoms with van der Waals surface area (Å²) in [4.78, 5) is 9.08. The molecule has 4 rings (SSSR count). The monoisotopic (exact) mass is 300 g/mol. The fourth-order valence-corrected chi connectivity index (χ4v) is 2.77. The van der Waals surface area contributed by atoms with Gasteiger partial charge in [-0.15, -0.1) is 0 Å². The molecule has 4 aromatic rings. The van der Waals surface area contributed by atoms with Gasteiger partial charge < -0.3 is 4.74 Å². The minimum atomic E-state index is 0.475. The predicted molar refractivity (Wildman–Crippen MR) is 92.6 cm³/mol. The Morgan fingerprint density at radius 2 is 1.61 bits per heavy atom. The van der Waals surface area contributed by atoms with Gasteiger partial charge in [-0.05, 0) is 25.1 Å². The second kappa shape index (κ2) is 5.69. The quantitative estimate of drug-likeness (QED) is 0.551. The summed E-state index contributed by atoms with van der Waals surface area (Å²) in [5, 5.41) is 2.21. The Kier molecular flexibility index (Phi) is 3.39. The van der Waals surface area contributed by atoms with E-state index in [0.29, 0.717) is 6.61 Å². The van der Waals surface area contributed by atoms with Gasteiger partial charge in [-0.2, -0.15) is 0 Å². The molecule has 0 aliphatic carbocycles. The third-order valence-corrected chi connectivity index (χ3v) is 3.92. The summed E-state index contributed by atoms with van der Waals surface area (Å²) >= 11 is 0. The molecule has 0 aliphatic heterocycles. The fourth-order valence-electron chi connectivity index (χ4n) is 2.77. The van der Waals surface area contributed by atoms with Crippen LogP contribution in [0.4, 0.5) is 0 Å². The first-order valence-corrected chi connectivity index (χ1v) is 7.63. The van der Waals surface area contributed by atoms with Crippen molar-refractivity contribution in [1.82, 2.24) is 9.97 Å². The van der Waals surface area contributed by atoms with E-state index in [4.69, 9.17) is 4.74 Å². The first-order chi connectivity index (χ1) is 11.3. The van der Waals surface area contributed by atoms with E-state index < -0.39 is 0 Å². The van der Waals surface area contributed by atoms with E-state index in [1.54, 1.807) is 0 Å². The molecular formula is C20H16N2O. The van der Waals surface area contributed by atoms with Crippen LogP contribution < -0.4 is 4.74 Å². The molecule has 0 bridgehead atoms. The normalized spacial score (nSPS) is 11.0. The van der Waals surface area contributed by atoms with Crippen molar-refractivity contribution in [3.05, 3.63) is 78.1 Å². The van der Waals surface area contributed by atoms with E-state index in [-0.39, 0.29) is 0 Å². The number of para-hydroxylation sites is 2. The Labute approximate surface area is 134 Å². The molecule has 0 aliphatic rings. The molecule has 2 aromatic heterocycles. The molecular weight excluding hydrogens is 284 g/mol. The van der Waals surface area contributed by atoms with Gasteiger partial charge in [0.1, 0.15) is 17.9 Å². The maximum Gasteiger partial charge on any atom is 0.146 e. The SMILES string of the molecule is Cc1ccc2cccc(OCc3cccc4cccnc34)c2n1. The molecule has 0 spiro atoms. The number of ether oxygens (including phenoxy) is 1. The van der Waals surface area contributed by atoms with Crippen molar-refractivity contribution >= 4 is 21.8 Å². The summed E-state index contributed by atoms with van der Waals surface area (Å²) in [6, 6.07) is 20.3. The van der Waals surface area contributed by atoms with Crippen LogP contribution in [0.5, 0.6) is 5.75 Å². The highest BCUT2D eigenvalue weighted by Gasteiger charge is 2.06. The Morgan fingerprint density at radius 3 is 2.52 bits per heavy atom. The van der Waals surface area contributed by atoms with Crippen LogP contribution in [-0.2, 0) is 6.61 Å². The lowest BCUT2D eigenvalue weighted by Crippen LogP contribution is -1.99. The molecule has 0 saturated carbocycles. The van der Waals surface area contributed by atoms with Crippen molar-refractivity contribution in [2.45, 2.75) is 13.5 Å². The summed E-state index contributed by atoms with van der Waals surface area (Å²) in [6.45, 7) is 2.47. The number of hydrogen-bond acceptors (Lipinski definition) is 3. The van der Waals surface area contributed by atoms with Gasteiger partial charge in [0.2, 0.25) is 0 Å². The lowest BCUT2D eigenvalue weighted by molar-refractivity contribution is 0.310. The van der Waals surface area contributed by atoms with E-state index in [1.165, 1.54) is 0 Å². The number of fused-ring (bicyclic) bond motifs is 2. The Bertz CT molecular complexity index is 990. The number of benzene rings is 2. The third-order valence-electron chi connectivity index (χ3n) is 3.92. The highest BCUT2D eigenvalue weighted by molar-refractivity contribution is 5.85. The van der Waals surface area contributed by atoms with Gasteiger partial charge in [0.25, 0.3) is 0 Å². The van der Waals surface area contributed by atoms with Crippen LogP contribution in [0.2, 0.25) is 0 Å². The Morgan fingerprint density at radius 1 is 0.826 bits per heavy atom. The van der Waals surface area contributed by atoms with Crippen LogP contribution in [0.1, 0.15) is 11.3 Å². The van der Waals surface area contributed by atoms with Crippen molar-refractivity contribution in [1.29, 1.82) is 0 Å². The Balaban J connectivity index is 1.70. The molecule has 3 nitrogen and oxygen atoms in total. The van der Waals surface area contributed by atoms with Crippen molar-refractivity contribution < 1.29 is 4.74 Å². The second-order valence-electron chi connectivity index (χ2n) is 5.56. The topological polar surface area (TPSA) is 35.0 Å². The lowest BCUT2D eigenvalue weighted by atomic mass is 10.1. The van der Waals surface area contributed by atoms with Crippen LogP contribution in [0.15, 0.2) is 66.9 Å². The van der Waals surface area contributed by atoms with Crippen molar-refractivity contribution in [2.24, 2.45) is 0 Å². The van der Waals surface area contributed by atoms with Gasteiger partial charge >= 0.3 is 0 Å². The van der Waals surface area contributed by atoms with Crippen molar-refractivity contribution in [3.63, 3.8) is 0 Å². The van der Waals surface area contributed by atoms with Gasteiger partial charge in [-0.1, -0.05) is 42.5 Å². The molecule has 2 heterocycles. The molecule has 3 heteroatoms. The minimum absolute atomic E-state index is 0.475. The van der Waals surface area contributed by atoms with Gasteiger partial charge in [-0.3, -0.25) is 4.98 Å². The number of pyridine rings is 2. The van der Waals surface area contributed by atoms with Gasteiger partial charge in [0.15, 0.2) is 0 Å². The van der Waals surface area contributed by atoms with Gasteiger partial charge in [-0.25, -0.2) is 4.98 Å². The smallest absolute Gasteiger partial charge is 0.146 e. The molecule has 0 N–H and O–H groups in total. The molecule has 0 unspecified atom stereocenters. The predicted octanol–water partition coefficient (Wildman–Crippen LogP) is 4.67. The van der Waals surface area contributed by atoms with Crippen LogP contribution in [0, 0.1) is 6.92 Å². The van der Waals surface area contributed by atoms with E-state index in [9.17, 15) is 0 Å². The van der Waals surface area contributed by atoms with Crippen LogP contribution in [0.3, 0.4) is 0 Å². The van der Waals surface area contributed by atoms with E-state index in [1.807, 2.05) is 49.5 Å². The minimum Gasteiger partial charge on any atom is -0.487 e. The summed E-state index contributed by atoms with van der Waals surface area (Å²) in [5.74, 6) is 0.805. The maximum atomic E-state index is 6.07. The van der Waals surface area contributed by atoms with Crippen LogP contribution in [-0.4, -0.2) is 9.97 Å². The van der Waals surface area contributed by atoms with Gasteiger partial charge in [0.05, 0.1) is 5.52 Å². The number of aryl methyl sites for hydroxylation is 1. The first kappa shape index (κ1) is 13.7. The molecule has 112 valence electrons. The van der Waals surface area contributed by atoms with E-state index in [2.05, 4.69) is 34.2 Å². The molecule has 0 atom stereocenters. The van der Waals surface area contributed by atoms with E-state index >= 15 is 0 Å². The Hall–Kier alpha value is -2.94. The molecule has 2 aromatic carbocycles. The molecule has 0 radical (unpaired) electrons. The van der Waals surface area contributed by atoms with Crippen molar-refractivity contribution in [2.75, 3.05) is 0 Å². The van der Waals surface area contributed by atoms with Crippen LogP contribution in [0.25, 0.3) is 21.8 Å². The number of rotatable bonds is 3. The van der Waals surface area contributed by atoms with Crippen molar-refractivity contribution in [3.8, 4) is 5.75 Å². The molecule has 0 amide bonds. The summed E-state index contributed by atoms with van der Waals surface area (Å²) < 4.78 is 6.07. The molecule has 23 heavy (non-hydrogen) atoms. The number of hydrogen-bond donors (Lipinski definition) is 0. The molecule has 0 fully saturated rings. The van der Waals surface area contributed by atoms with E-state index in [0.717, 1.165) is 38.8 Å². The third kappa shape index (κ3) is 2.61. The highest BCUT2D eigenvalue weighted by atomic mass is 16.5. The standard InChI is InChI=1S/C20H16N2O/c1-14-10-11-16-6-3-9-18(20(16)22-14)23-13-17-7-2-5-15-8-4-12-21-19(15)17/h2-12H,13H2,1H3. The summed E-state index contributed by atoms with van der Waals surface area (Å²) in [5.41, 5.74) is 3.95. The zero-order chi connectivity index (χ0) is 15.6. The number of nitrogens with zero attached hydrogens (tertiary/aromatic N) is 2. The number of aromatic nitrogens is 2. The zero-order valence-electron chi connectivity index (χ0n) is 12.9. The van der Waals surface area contributed by atoms with Gasteiger partial charge in [0, 0.05) is 28.2 Å². The first-order valence-electron chi connectivity index (χ1n) is 7.63. The lowest BCUT2D eigenvalue weighted by Gasteiger charge is -2.10. The molecule has 0 saturated heterocycles. The average molecular weight is 300 g/mol. The maximum absolute atomic E-state index is 6.07. The van der Waals surface area contributed by atoms with Crippen LogP contribution >= 0.6 is 0 Å².